The molecule has 0 aliphatic carbocycles. The number of amides is 1. The first-order chi connectivity index (χ1) is 13.1. The van der Waals surface area contributed by atoms with Crippen LogP contribution in [0.1, 0.15) is 31.4 Å². The average molecular weight is 376 g/mol. The van der Waals surface area contributed by atoms with Gasteiger partial charge in [-0.25, -0.2) is 0 Å². The maximum absolute atomic E-state index is 12.1. The summed E-state index contributed by atoms with van der Waals surface area (Å²) in [6.45, 7) is 11.6. The molecule has 0 radical (unpaired) electrons. The van der Waals surface area contributed by atoms with Crippen LogP contribution in [0.5, 0.6) is 5.75 Å². The highest BCUT2D eigenvalue weighted by Crippen LogP contribution is 2.26. The molecule has 150 valence electrons. The van der Waals surface area contributed by atoms with Gasteiger partial charge in [-0.3, -0.25) is 14.6 Å². The van der Waals surface area contributed by atoms with E-state index in [1.165, 1.54) is 11.1 Å². The van der Waals surface area contributed by atoms with E-state index in [2.05, 4.69) is 33.3 Å². The highest BCUT2D eigenvalue weighted by Gasteiger charge is 2.20. The lowest BCUT2D eigenvalue weighted by Crippen LogP contribution is -2.49. The Kier molecular flexibility index (Phi) is 7.50. The first kappa shape index (κ1) is 20.1. The number of nitrogens with one attached hydrogen (secondary N) is 1. The number of rotatable bonds is 9. The lowest BCUT2D eigenvalue weighted by molar-refractivity contribution is -0.122. The van der Waals surface area contributed by atoms with Crippen LogP contribution in [0.3, 0.4) is 0 Å². The first-order valence-electron chi connectivity index (χ1n) is 10.2. The van der Waals surface area contributed by atoms with Crippen LogP contribution < -0.4 is 10.1 Å². The van der Waals surface area contributed by atoms with E-state index in [1.54, 1.807) is 0 Å². The van der Waals surface area contributed by atoms with E-state index in [0.717, 1.165) is 57.9 Å². The molecule has 0 saturated carbocycles. The number of ether oxygens (including phenoxy) is 2. The summed E-state index contributed by atoms with van der Waals surface area (Å²) >= 11 is 0. The number of nitrogens with zero attached hydrogens (tertiary/aromatic N) is 2. The standard InChI is InChI=1S/C21H33N3O3/c1-17(2)26-12-3-7-22-21(25)16-24-10-8-23(9-11-24)15-18-4-5-20-19(14-18)6-13-27-20/h4-5,14,17H,3,6-13,15-16H2,1-2H3,(H,22,25). The number of benzene rings is 1. The van der Waals surface area contributed by atoms with Gasteiger partial charge in [0.05, 0.1) is 19.3 Å². The Balaban J connectivity index is 1.31. The number of carbonyl (C=O) groups is 1. The summed E-state index contributed by atoms with van der Waals surface area (Å²) in [5.41, 5.74) is 2.69. The van der Waals surface area contributed by atoms with Gasteiger partial charge in [0.15, 0.2) is 0 Å². The van der Waals surface area contributed by atoms with E-state index >= 15 is 0 Å². The summed E-state index contributed by atoms with van der Waals surface area (Å²) in [6.07, 6.45) is 2.14. The van der Waals surface area contributed by atoms with Crippen molar-refractivity contribution in [3.63, 3.8) is 0 Å². The van der Waals surface area contributed by atoms with Crippen LogP contribution in [0.25, 0.3) is 0 Å². The molecule has 0 aromatic heterocycles. The Hall–Kier alpha value is -1.63. The molecule has 1 fully saturated rings. The van der Waals surface area contributed by atoms with Crippen LogP contribution in [0.4, 0.5) is 0 Å². The Morgan fingerprint density at radius 3 is 2.78 bits per heavy atom. The molecule has 2 heterocycles. The first-order valence-corrected chi connectivity index (χ1v) is 10.2. The minimum atomic E-state index is 0.117. The summed E-state index contributed by atoms with van der Waals surface area (Å²) in [6, 6.07) is 6.56. The summed E-state index contributed by atoms with van der Waals surface area (Å²) in [7, 11) is 0. The Labute approximate surface area is 162 Å². The molecular formula is C21H33N3O3. The smallest absolute Gasteiger partial charge is 0.234 e. The van der Waals surface area contributed by atoms with Gasteiger partial charge in [-0.05, 0) is 37.5 Å². The quantitative estimate of drug-likeness (QED) is 0.666. The molecule has 0 atom stereocenters. The van der Waals surface area contributed by atoms with Gasteiger partial charge in [-0.2, -0.15) is 0 Å². The normalized spacial score (nSPS) is 17.7. The SMILES string of the molecule is CC(C)OCCCNC(=O)CN1CCN(Cc2ccc3c(c2)CCO3)CC1. The molecule has 0 spiro atoms. The number of carbonyl (C=O) groups excluding carboxylic acids is 1. The molecule has 2 aliphatic heterocycles. The molecule has 1 amide bonds. The summed E-state index contributed by atoms with van der Waals surface area (Å²) in [5.74, 6) is 1.16. The molecule has 1 aromatic carbocycles. The van der Waals surface area contributed by atoms with Crippen molar-refractivity contribution in [2.24, 2.45) is 0 Å². The lowest BCUT2D eigenvalue weighted by Gasteiger charge is -2.34. The van der Waals surface area contributed by atoms with Crippen molar-refractivity contribution >= 4 is 5.91 Å². The van der Waals surface area contributed by atoms with Crippen molar-refractivity contribution in [1.29, 1.82) is 0 Å². The minimum absolute atomic E-state index is 0.117. The molecule has 2 aliphatic rings. The number of hydrogen-bond acceptors (Lipinski definition) is 5. The van der Waals surface area contributed by atoms with E-state index in [-0.39, 0.29) is 12.0 Å². The van der Waals surface area contributed by atoms with E-state index in [0.29, 0.717) is 19.7 Å². The van der Waals surface area contributed by atoms with E-state index < -0.39 is 0 Å². The topological polar surface area (TPSA) is 54.0 Å². The van der Waals surface area contributed by atoms with Gasteiger partial charge in [0, 0.05) is 52.3 Å². The largest absolute Gasteiger partial charge is 0.493 e. The Morgan fingerprint density at radius 1 is 1.22 bits per heavy atom. The second-order valence-corrected chi connectivity index (χ2v) is 7.72. The van der Waals surface area contributed by atoms with Gasteiger partial charge in [-0.1, -0.05) is 12.1 Å². The van der Waals surface area contributed by atoms with Gasteiger partial charge in [-0.15, -0.1) is 0 Å². The zero-order valence-electron chi connectivity index (χ0n) is 16.7. The molecule has 1 aromatic rings. The van der Waals surface area contributed by atoms with Gasteiger partial charge in [0.1, 0.15) is 5.75 Å². The molecule has 0 bridgehead atoms. The molecule has 1 saturated heterocycles. The highest BCUT2D eigenvalue weighted by molar-refractivity contribution is 5.77. The third kappa shape index (κ3) is 6.48. The summed E-state index contributed by atoms with van der Waals surface area (Å²) in [5, 5.41) is 2.99. The molecule has 3 rings (SSSR count). The zero-order valence-corrected chi connectivity index (χ0v) is 16.7. The Bertz CT molecular complexity index is 613. The van der Waals surface area contributed by atoms with Gasteiger partial charge in [0.2, 0.25) is 5.91 Å². The predicted molar refractivity (Wildman–Crippen MR) is 106 cm³/mol. The molecule has 1 N–H and O–H groups in total. The van der Waals surface area contributed by atoms with Crippen LogP contribution in [0, 0.1) is 0 Å². The molecular weight excluding hydrogens is 342 g/mol. The van der Waals surface area contributed by atoms with Crippen LogP contribution in [-0.4, -0.2) is 74.3 Å². The number of fused-ring (bicyclic) bond motifs is 1. The van der Waals surface area contributed by atoms with Crippen molar-refractivity contribution in [3.05, 3.63) is 29.3 Å². The third-order valence-corrected chi connectivity index (χ3v) is 5.09. The fraction of sp³-hybridized carbons (Fsp3) is 0.667. The van der Waals surface area contributed by atoms with Crippen LogP contribution in [0.15, 0.2) is 18.2 Å². The zero-order chi connectivity index (χ0) is 19.1. The minimum Gasteiger partial charge on any atom is -0.493 e. The summed E-state index contributed by atoms with van der Waals surface area (Å²) in [4.78, 5) is 16.8. The summed E-state index contributed by atoms with van der Waals surface area (Å²) < 4.78 is 11.1. The third-order valence-electron chi connectivity index (χ3n) is 5.09. The van der Waals surface area contributed by atoms with Gasteiger partial charge >= 0.3 is 0 Å². The average Bonchev–Trinajstić information content (AvgIpc) is 3.10. The van der Waals surface area contributed by atoms with Crippen molar-refractivity contribution in [1.82, 2.24) is 15.1 Å². The number of hydrogen-bond donors (Lipinski definition) is 1. The monoisotopic (exact) mass is 375 g/mol. The molecule has 6 heteroatoms. The maximum Gasteiger partial charge on any atom is 0.234 e. The predicted octanol–water partition coefficient (Wildman–Crippen LogP) is 1.67. The molecule has 27 heavy (non-hydrogen) atoms. The van der Waals surface area contributed by atoms with E-state index in [1.807, 2.05) is 13.8 Å². The van der Waals surface area contributed by atoms with Crippen molar-refractivity contribution in [2.45, 2.75) is 39.3 Å². The van der Waals surface area contributed by atoms with Crippen molar-refractivity contribution < 1.29 is 14.3 Å². The fourth-order valence-corrected chi connectivity index (χ4v) is 3.58. The van der Waals surface area contributed by atoms with Crippen molar-refractivity contribution in [3.8, 4) is 5.75 Å². The maximum atomic E-state index is 12.1. The molecule has 0 unspecified atom stereocenters. The lowest BCUT2D eigenvalue weighted by atomic mass is 10.1. The van der Waals surface area contributed by atoms with E-state index in [4.69, 9.17) is 9.47 Å². The van der Waals surface area contributed by atoms with Crippen LogP contribution >= 0.6 is 0 Å². The molecule has 6 nitrogen and oxygen atoms in total. The van der Waals surface area contributed by atoms with Crippen LogP contribution in [-0.2, 0) is 22.5 Å². The fourth-order valence-electron chi connectivity index (χ4n) is 3.58. The van der Waals surface area contributed by atoms with Crippen LogP contribution in [0.2, 0.25) is 0 Å². The second kappa shape index (κ2) is 10.1. The highest BCUT2D eigenvalue weighted by atomic mass is 16.5. The van der Waals surface area contributed by atoms with Crippen molar-refractivity contribution in [2.75, 3.05) is 52.5 Å². The van der Waals surface area contributed by atoms with Gasteiger partial charge in [0.25, 0.3) is 0 Å². The second-order valence-electron chi connectivity index (χ2n) is 7.72. The number of piperazine rings is 1. The van der Waals surface area contributed by atoms with E-state index in [9.17, 15) is 4.79 Å². The Morgan fingerprint density at radius 2 is 2.00 bits per heavy atom. The van der Waals surface area contributed by atoms with Gasteiger partial charge < -0.3 is 14.8 Å².